The summed E-state index contributed by atoms with van der Waals surface area (Å²) in [5.74, 6) is -0.843. The van der Waals surface area contributed by atoms with E-state index in [0.717, 1.165) is 44.4 Å². The van der Waals surface area contributed by atoms with Crippen molar-refractivity contribution < 1.29 is 14.4 Å². The van der Waals surface area contributed by atoms with E-state index in [1.165, 1.54) is 11.8 Å². The highest BCUT2D eigenvalue weighted by Gasteiger charge is 2.32. The van der Waals surface area contributed by atoms with Crippen LogP contribution in [0.5, 0.6) is 0 Å². The van der Waals surface area contributed by atoms with E-state index in [1.54, 1.807) is 0 Å². The van der Waals surface area contributed by atoms with Gasteiger partial charge >= 0.3 is 5.91 Å². The fraction of sp³-hybridized carbons (Fsp3) is 0.765. The molecular weight excluding hydrogens is 376 g/mol. The molecule has 2 fully saturated rings. The zero-order valence-corrected chi connectivity index (χ0v) is 17.3. The van der Waals surface area contributed by atoms with Gasteiger partial charge < -0.3 is 10.2 Å². The lowest BCUT2D eigenvalue weighted by atomic mass is 9.88. The van der Waals surface area contributed by atoms with Gasteiger partial charge in [0, 0.05) is 25.3 Å². The van der Waals surface area contributed by atoms with Gasteiger partial charge in [-0.15, -0.1) is 17.5 Å². The third kappa shape index (κ3) is 6.16. The Hall–Kier alpha value is -1.28. The number of hydrazone groups is 1. The van der Waals surface area contributed by atoms with Crippen molar-refractivity contribution in [3.8, 4) is 0 Å². The molecule has 7 nitrogen and oxygen atoms in total. The Morgan fingerprint density at radius 2 is 1.85 bits per heavy atom. The molecule has 2 N–H and O–H groups in total. The quantitative estimate of drug-likeness (QED) is 0.520. The Labute approximate surface area is 165 Å². The lowest BCUT2D eigenvalue weighted by Crippen LogP contribution is -2.51. The minimum absolute atomic E-state index is 0. The molecule has 0 unspecified atom stereocenters. The number of nitrogens with zero attached hydrogens (tertiary/aromatic N) is 2. The van der Waals surface area contributed by atoms with Gasteiger partial charge in [-0.3, -0.25) is 14.4 Å². The highest BCUT2D eigenvalue weighted by Crippen LogP contribution is 2.24. The van der Waals surface area contributed by atoms with Crippen LogP contribution < -0.4 is 10.7 Å². The zero-order valence-electron chi connectivity index (χ0n) is 15.6. The first kappa shape index (κ1) is 22.8. The van der Waals surface area contributed by atoms with E-state index < -0.39 is 17.7 Å². The molecule has 2 amide bonds. The van der Waals surface area contributed by atoms with Gasteiger partial charge in [0.2, 0.25) is 11.7 Å². The average Bonchev–Trinajstić information content (AvgIpc) is 3.02. The summed E-state index contributed by atoms with van der Waals surface area (Å²) in [6.45, 7) is 4.51. The first-order valence-electron chi connectivity index (χ1n) is 8.96. The first-order chi connectivity index (χ1) is 11.9. The number of halogens is 1. The second-order valence-electron chi connectivity index (χ2n) is 7.03. The number of hydrogen-bond donors (Lipinski definition) is 2. The summed E-state index contributed by atoms with van der Waals surface area (Å²) in [6.07, 6.45) is 4.96. The van der Waals surface area contributed by atoms with Crippen LogP contribution in [0.1, 0.15) is 46.0 Å². The normalized spacial score (nSPS) is 20.6. The molecule has 1 atom stereocenters. The summed E-state index contributed by atoms with van der Waals surface area (Å²) in [5.41, 5.74) is 2.33. The van der Waals surface area contributed by atoms with Crippen molar-refractivity contribution in [3.63, 3.8) is 0 Å². The highest BCUT2D eigenvalue weighted by atomic mass is 35.5. The van der Waals surface area contributed by atoms with E-state index >= 15 is 0 Å². The van der Waals surface area contributed by atoms with Crippen LogP contribution in [0.2, 0.25) is 0 Å². The van der Waals surface area contributed by atoms with Gasteiger partial charge in [0.25, 0.3) is 0 Å². The van der Waals surface area contributed by atoms with Gasteiger partial charge in [0.15, 0.2) is 5.17 Å². The van der Waals surface area contributed by atoms with Gasteiger partial charge in [0.05, 0.1) is 6.04 Å². The van der Waals surface area contributed by atoms with Crippen molar-refractivity contribution in [1.29, 1.82) is 0 Å². The fourth-order valence-electron chi connectivity index (χ4n) is 3.06. The highest BCUT2D eigenvalue weighted by molar-refractivity contribution is 8.14. The van der Waals surface area contributed by atoms with Gasteiger partial charge in [-0.1, -0.05) is 44.9 Å². The van der Waals surface area contributed by atoms with E-state index in [1.807, 2.05) is 25.8 Å². The molecule has 0 bridgehead atoms. The molecule has 2 rings (SSSR count). The van der Waals surface area contributed by atoms with Crippen LogP contribution in [0, 0.1) is 11.8 Å². The number of amides is 2. The third-order valence-corrected chi connectivity index (χ3v) is 5.73. The maximum absolute atomic E-state index is 12.5. The van der Waals surface area contributed by atoms with E-state index in [-0.39, 0.29) is 30.2 Å². The fourth-order valence-corrected chi connectivity index (χ4v) is 4.03. The molecule has 26 heavy (non-hydrogen) atoms. The monoisotopic (exact) mass is 404 g/mol. The molecule has 2 aliphatic rings. The van der Waals surface area contributed by atoms with Crippen LogP contribution in [0.3, 0.4) is 0 Å². The SMILES string of the molecule is CC(C)[C@H](NC(=O)C1CCCCC1)C(=O)C(=O)NN=C1SCCN1C.Cl. The van der Waals surface area contributed by atoms with Crippen molar-refractivity contribution in [3.05, 3.63) is 0 Å². The summed E-state index contributed by atoms with van der Waals surface area (Å²) < 4.78 is 0. The number of carbonyl (C=O) groups excluding carboxylic acids is 3. The van der Waals surface area contributed by atoms with Gasteiger partial charge in [-0.25, -0.2) is 5.43 Å². The molecule has 1 saturated carbocycles. The minimum atomic E-state index is -0.816. The largest absolute Gasteiger partial charge is 0.352 e. The van der Waals surface area contributed by atoms with E-state index in [0.29, 0.717) is 5.17 Å². The van der Waals surface area contributed by atoms with E-state index in [2.05, 4.69) is 15.8 Å². The van der Waals surface area contributed by atoms with Crippen LogP contribution in [-0.4, -0.2) is 53.1 Å². The van der Waals surface area contributed by atoms with Crippen LogP contribution in [0.25, 0.3) is 0 Å². The number of Topliss-reactive ketones (excluding diaryl/α,β-unsaturated/α-hetero) is 1. The third-order valence-electron chi connectivity index (χ3n) is 4.68. The Kier molecular flexibility index (Phi) is 9.43. The van der Waals surface area contributed by atoms with Crippen molar-refractivity contribution in [1.82, 2.24) is 15.6 Å². The Balaban J connectivity index is 0.00000338. The standard InChI is InChI=1S/C17H28N4O3S.ClH/c1-11(2)13(18-15(23)12-7-5-4-6-8-12)14(22)16(24)19-20-17-21(3)9-10-25-17;/h11-13H,4-10H2,1-3H3,(H,18,23)(H,19,24);1H/t13-;/m0./s1. The van der Waals surface area contributed by atoms with Gasteiger partial charge in [-0.05, 0) is 18.8 Å². The van der Waals surface area contributed by atoms with E-state index in [4.69, 9.17) is 0 Å². The van der Waals surface area contributed by atoms with Crippen molar-refractivity contribution >= 4 is 46.9 Å². The topological polar surface area (TPSA) is 90.9 Å². The molecule has 0 radical (unpaired) electrons. The summed E-state index contributed by atoms with van der Waals surface area (Å²) in [4.78, 5) is 39.0. The number of hydrogen-bond acceptors (Lipinski definition) is 5. The Bertz CT molecular complexity index is 550. The second-order valence-corrected chi connectivity index (χ2v) is 8.10. The lowest BCUT2D eigenvalue weighted by Gasteiger charge is -2.25. The maximum atomic E-state index is 12.5. The first-order valence-corrected chi connectivity index (χ1v) is 9.95. The van der Waals surface area contributed by atoms with Gasteiger partial charge in [-0.2, -0.15) is 0 Å². The average molecular weight is 405 g/mol. The Morgan fingerprint density at radius 3 is 2.38 bits per heavy atom. The second kappa shape index (κ2) is 10.8. The van der Waals surface area contributed by atoms with Crippen molar-refractivity contribution in [2.45, 2.75) is 52.0 Å². The molecule has 0 aromatic heterocycles. The number of rotatable bonds is 6. The summed E-state index contributed by atoms with van der Waals surface area (Å²) in [7, 11) is 1.88. The molecule has 1 heterocycles. The van der Waals surface area contributed by atoms with Crippen LogP contribution >= 0.6 is 24.2 Å². The van der Waals surface area contributed by atoms with Crippen molar-refractivity contribution in [2.75, 3.05) is 19.3 Å². The van der Waals surface area contributed by atoms with Crippen LogP contribution in [-0.2, 0) is 14.4 Å². The maximum Gasteiger partial charge on any atom is 0.309 e. The number of thioether (sulfide) groups is 1. The predicted molar refractivity (Wildman–Crippen MR) is 106 cm³/mol. The number of ketones is 1. The molecule has 0 aromatic carbocycles. The molecule has 148 valence electrons. The van der Waals surface area contributed by atoms with Gasteiger partial charge in [0.1, 0.15) is 0 Å². The number of nitrogens with one attached hydrogen (secondary N) is 2. The molecule has 0 aromatic rings. The summed E-state index contributed by atoms with van der Waals surface area (Å²) in [5, 5.41) is 7.49. The molecule has 1 aliphatic carbocycles. The van der Waals surface area contributed by atoms with E-state index in [9.17, 15) is 14.4 Å². The van der Waals surface area contributed by atoms with Crippen LogP contribution in [0.4, 0.5) is 0 Å². The molecule has 1 saturated heterocycles. The number of amidine groups is 1. The molecular formula is C17H29ClN4O3S. The summed E-state index contributed by atoms with van der Waals surface area (Å²) in [6, 6.07) is -0.816. The summed E-state index contributed by atoms with van der Waals surface area (Å²) >= 11 is 1.53. The lowest BCUT2D eigenvalue weighted by molar-refractivity contribution is -0.141. The molecule has 1 aliphatic heterocycles. The molecule has 0 spiro atoms. The zero-order chi connectivity index (χ0) is 18.4. The van der Waals surface area contributed by atoms with Crippen molar-refractivity contribution in [2.24, 2.45) is 16.9 Å². The van der Waals surface area contributed by atoms with Crippen LogP contribution in [0.15, 0.2) is 5.10 Å². The number of carbonyl (C=O) groups is 3. The molecule has 9 heteroatoms. The minimum Gasteiger partial charge on any atom is -0.352 e. The predicted octanol–water partition coefficient (Wildman–Crippen LogP) is 1.76. The smallest absolute Gasteiger partial charge is 0.309 e. The Morgan fingerprint density at radius 1 is 1.19 bits per heavy atom.